The first kappa shape index (κ1) is 15.8. The number of aromatic nitrogens is 3. The molecule has 0 spiro atoms. The van der Waals surface area contributed by atoms with E-state index in [1.54, 1.807) is 0 Å². The molecule has 0 saturated carbocycles. The van der Waals surface area contributed by atoms with E-state index in [9.17, 15) is 13.2 Å². The Morgan fingerprint density at radius 3 is 2.71 bits per heavy atom. The van der Waals surface area contributed by atoms with E-state index in [4.69, 9.17) is 17.3 Å². The number of benzene rings is 1. The predicted molar refractivity (Wildman–Crippen MR) is 73.2 cm³/mol. The van der Waals surface area contributed by atoms with Gasteiger partial charge >= 0.3 is 6.18 Å². The molecule has 4 nitrogen and oxygen atoms in total. The molecular weight excluding hydrogens is 305 g/mol. The van der Waals surface area contributed by atoms with Crippen LogP contribution in [0.1, 0.15) is 37.1 Å². The maximum atomic E-state index is 12.8. The third kappa shape index (κ3) is 3.54. The van der Waals surface area contributed by atoms with Crippen molar-refractivity contribution in [3.63, 3.8) is 0 Å². The fourth-order valence-electron chi connectivity index (χ4n) is 1.90. The molecule has 0 aliphatic rings. The first-order chi connectivity index (χ1) is 9.82. The molecule has 0 aliphatic heterocycles. The molecule has 21 heavy (non-hydrogen) atoms. The minimum absolute atomic E-state index is 0.231. The lowest BCUT2D eigenvalue weighted by Crippen LogP contribution is -2.10. The zero-order valence-corrected chi connectivity index (χ0v) is 12.0. The van der Waals surface area contributed by atoms with Gasteiger partial charge in [0.1, 0.15) is 0 Å². The van der Waals surface area contributed by atoms with Gasteiger partial charge in [0.2, 0.25) is 0 Å². The monoisotopic (exact) mass is 318 g/mol. The van der Waals surface area contributed by atoms with Crippen LogP contribution in [0.3, 0.4) is 0 Å². The predicted octanol–water partition coefficient (Wildman–Crippen LogP) is 3.74. The topological polar surface area (TPSA) is 56.7 Å². The number of nitrogens with zero attached hydrogens (tertiary/aromatic N) is 3. The highest BCUT2D eigenvalue weighted by Crippen LogP contribution is 2.35. The quantitative estimate of drug-likeness (QED) is 0.934. The number of nitrogens with two attached hydrogens (primary N) is 1. The van der Waals surface area contributed by atoms with E-state index in [0.29, 0.717) is 5.69 Å². The van der Waals surface area contributed by atoms with E-state index in [2.05, 4.69) is 10.3 Å². The lowest BCUT2D eigenvalue weighted by Gasteiger charge is -2.10. The molecule has 2 N–H and O–H groups in total. The summed E-state index contributed by atoms with van der Waals surface area (Å²) in [4.78, 5) is 0. The Bertz CT molecular complexity index is 624. The Morgan fingerprint density at radius 2 is 2.10 bits per heavy atom. The average Bonchev–Trinajstić information content (AvgIpc) is 2.88. The molecule has 2 aromatic rings. The summed E-state index contributed by atoms with van der Waals surface area (Å²) in [7, 11) is 0. The van der Waals surface area contributed by atoms with Gasteiger partial charge in [-0.25, -0.2) is 4.68 Å². The molecule has 1 unspecified atom stereocenters. The SMILES string of the molecule is CCCC(N)c1cn(-c2ccc(Cl)c(C(F)(F)F)c2)nn1. The van der Waals surface area contributed by atoms with Crippen LogP contribution < -0.4 is 5.73 Å². The summed E-state index contributed by atoms with van der Waals surface area (Å²) in [5, 5.41) is 7.37. The van der Waals surface area contributed by atoms with E-state index in [0.717, 1.165) is 18.9 Å². The molecule has 0 bridgehead atoms. The first-order valence-corrected chi connectivity index (χ1v) is 6.75. The summed E-state index contributed by atoms with van der Waals surface area (Å²) in [5.41, 5.74) is 5.77. The van der Waals surface area contributed by atoms with Crippen molar-refractivity contribution < 1.29 is 13.2 Å². The summed E-state index contributed by atoms with van der Waals surface area (Å²) in [6, 6.07) is 3.29. The molecule has 1 aromatic heterocycles. The third-order valence-electron chi connectivity index (χ3n) is 3.01. The van der Waals surface area contributed by atoms with E-state index in [1.165, 1.54) is 23.0 Å². The van der Waals surface area contributed by atoms with Crippen LogP contribution in [0.4, 0.5) is 13.2 Å². The maximum Gasteiger partial charge on any atom is 0.417 e. The van der Waals surface area contributed by atoms with Crippen molar-refractivity contribution in [2.75, 3.05) is 0 Å². The standard InChI is InChI=1S/C13H14ClF3N4/c1-2-3-11(18)12-7-21(20-19-12)8-4-5-10(14)9(6-8)13(15,16)17/h4-7,11H,2-3,18H2,1H3. The van der Waals surface area contributed by atoms with E-state index in [1.807, 2.05) is 6.92 Å². The molecule has 8 heteroatoms. The molecular formula is C13H14ClF3N4. The normalized spacial score (nSPS) is 13.4. The van der Waals surface area contributed by atoms with Gasteiger partial charge in [0.25, 0.3) is 0 Å². The van der Waals surface area contributed by atoms with Crippen LogP contribution in [0.15, 0.2) is 24.4 Å². The van der Waals surface area contributed by atoms with Gasteiger partial charge in [0.05, 0.1) is 34.2 Å². The van der Waals surface area contributed by atoms with Gasteiger partial charge in [-0.15, -0.1) is 5.10 Å². The first-order valence-electron chi connectivity index (χ1n) is 6.38. The number of hydrogen-bond donors (Lipinski definition) is 1. The second kappa shape index (κ2) is 6.03. The highest BCUT2D eigenvalue weighted by Gasteiger charge is 2.33. The molecule has 0 saturated heterocycles. The molecule has 1 heterocycles. The summed E-state index contributed by atoms with van der Waals surface area (Å²) in [6.45, 7) is 1.99. The highest BCUT2D eigenvalue weighted by molar-refractivity contribution is 6.31. The van der Waals surface area contributed by atoms with Gasteiger partial charge in [-0.05, 0) is 24.6 Å². The smallest absolute Gasteiger partial charge is 0.323 e. The second-order valence-electron chi connectivity index (χ2n) is 4.65. The van der Waals surface area contributed by atoms with Crippen LogP contribution in [0, 0.1) is 0 Å². The molecule has 114 valence electrons. The molecule has 0 aliphatic carbocycles. The van der Waals surface area contributed by atoms with Crippen molar-refractivity contribution in [1.82, 2.24) is 15.0 Å². The van der Waals surface area contributed by atoms with E-state index >= 15 is 0 Å². The van der Waals surface area contributed by atoms with Crippen molar-refractivity contribution in [3.05, 3.63) is 40.7 Å². The van der Waals surface area contributed by atoms with Gasteiger partial charge in [-0.3, -0.25) is 0 Å². The number of hydrogen-bond acceptors (Lipinski definition) is 3. The van der Waals surface area contributed by atoms with Gasteiger partial charge in [0.15, 0.2) is 0 Å². The van der Waals surface area contributed by atoms with Crippen molar-refractivity contribution in [2.24, 2.45) is 5.73 Å². The summed E-state index contributed by atoms with van der Waals surface area (Å²) < 4.78 is 39.7. The van der Waals surface area contributed by atoms with Crippen molar-refractivity contribution in [1.29, 1.82) is 0 Å². The second-order valence-corrected chi connectivity index (χ2v) is 5.05. The van der Waals surface area contributed by atoms with Gasteiger partial charge in [0, 0.05) is 0 Å². The minimum atomic E-state index is -4.52. The van der Waals surface area contributed by atoms with Crippen LogP contribution >= 0.6 is 11.6 Å². The third-order valence-corrected chi connectivity index (χ3v) is 3.34. The van der Waals surface area contributed by atoms with Crippen molar-refractivity contribution in [2.45, 2.75) is 32.0 Å². The molecule has 0 radical (unpaired) electrons. The summed E-state index contributed by atoms with van der Waals surface area (Å²) in [5.74, 6) is 0. The Labute approximate surface area is 124 Å². The highest BCUT2D eigenvalue weighted by atomic mass is 35.5. The van der Waals surface area contributed by atoms with E-state index < -0.39 is 11.7 Å². The Hall–Kier alpha value is -1.60. The lowest BCUT2D eigenvalue weighted by atomic mass is 10.1. The zero-order valence-electron chi connectivity index (χ0n) is 11.2. The fourth-order valence-corrected chi connectivity index (χ4v) is 2.13. The van der Waals surface area contributed by atoms with Gasteiger partial charge < -0.3 is 5.73 Å². The number of rotatable bonds is 4. The molecule has 1 atom stereocenters. The van der Waals surface area contributed by atoms with Crippen LogP contribution in [-0.2, 0) is 6.18 Å². The fraction of sp³-hybridized carbons (Fsp3) is 0.385. The zero-order chi connectivity index (χ0) is 15.6. The summed E-state index contributed by atoms with van der Waals surface area (Å²) >= 11 is 5.58. The van der Waals surface area contributed by atoms with Crippen LogP contribution in [0.5, 0.6) is 0 Å². The van der Waals surface area contributed by atoms with Crippen LogP contribution in [0.2, 0.25) is 5.02 Å². The molecule has 2 rings (SSSR count). The Morgan fingerprint density at radius 1 is 1.38 bits per heavy atom. The van der Waals surface area contributed by atoms with Crippen LogP contribution in [0.25, 0.3) is 5.69 Å². The number of halogens is 4. The minimum Gasteiger partial charge on any atom is -0.323 e. The van der Waals surface area contributed by atoms with E-state index in [-0.39, 0.29) is 16.8 Å². The molecule has 0 fully saturated rings. The molecule has 1 aromatic carbocycles. The van der Waals surface area contributed by atoms with Crippen LogP contribution in [-0.4, -0.2) is 15.0 Å². The Balaban J connectivity index is 2.35. The maximum absolute atomic E-state index is 12.8. The average molecular weight is 319 g/mol. The molecule has 0 amide bonds. The summed E-state index contributed by atoms with van der Waals surface area (Å²) in [6.07, 6.45) is -1.38. The van der Waals surface area contributed by atoms with Crippen molar-refractivity contribution >= 4 is 11.6 Å². The lowest BCUT2D eigenvalue weighted by molar-refractivity contribution is -0.137. The Kier molecular flexibility index (Phi) is 4.53. The largest absolute Gasteiger partial charge is 0.417 e. The van der Waals surface area contributed by atoms with Gasteiger partial charge in [-0.1, -0.05) is 30.2 Å². The van der Waals surface area contributed by atoms with Gasteiger partial charge in [-0.2, -0.15) is 13.2 Å². The number of alkyl halides is 3. The van der Waals surface area contributed by atoms with Crippen molar-refractivity contribution in [3.8, 4) is 5.69 Å².